The second kappa shape index (κ2) is 7.80. The molecule has 2 aromatic rings. The van der Waals surface area contributed by atoms with Gasteiger partial charge in [-0.1, -0.05) is 47.7 Å². The quantitative estimate of drug-likeness (QED) is 0.772. The van der Waals surface area contributed by atoms with Crippen LogP contribution in [0.1, 0.15) is 37.7 Å². The van der Waals surface area contributed by atoms with Crippen molar-refractivity contribution in [2.75, 3.05) is 10.2 Å². The van der Waals surface area contributed by atoms with Crippen molar-refractivity contribution in [3.63, 3.8) is 0 Å². The maximum Gasteiger partial charge on any atom is 0.248 e. The van der Waals surface area contributed by atoms with Crippen molar-refractivity contribution in [2.24, 2.45) is 5.92 Å². The number of hydrogen-bond donors (Lipinski definition) is 1. The van der Waals surface area contributed by atoms with Crippen LogP contribution in [0.4, 0.5) is 11.5 Å². The Morgan fingerprint density at radius 1 is 1.26 bits per heavy atom. The van der Waals surface area contributed by atoms with Gasteiger partial charge in [0, 0.05) is 16.4 Å². The van der Waals surface area contributed by atoms with Crippen LogP contribution >= 0.6 is 15.9 Å². The van der Waals surface area contributed by atoms with Crippen LogP contribution in [0.25, 0.3) is 0 Å². The monoisotopic (exact) mass is 427 g/mol. The number of amides is 2. The fourth-order valence-electron chi connectivity index (χ4n) is 4.19. The van der Waals surface area contributed by atoms with Crippen molar-refractivity contribution in [2.45, 2.75) is 44.6 Å². The second-order valence-corrected chi connectivity index (χ2v) is 8.24. The molecule has 1 unspecified atom stereocenters. The standard InChI is InChI=1S/C21H22BrN3O2/c22-16-8-9-17-15(12-16)13-20(26)25(17)18(11-14-5-1-2-6-14)21(27)24-19-7-3-4-10-23-19/h3-4,7-10,12,14,18H,1-2,5-6,11,13H2,(H,23,24,27). The Kier molecular flexibility index (Phi) is 5.25. The molecule has 1 aromatic carbocycles. The number of carbonyl (C=O) groups is 2. The first-order chi connectivity index (χ1) is 13.1. The summed E-state index contributed by atoms with van der Waals surface area (Å²) in [7, 11) is 0. The lowest BCUT2D eigenvalue weighted by Gasteiger charge is -2.29. The summed E-state index contributed by atoms with van der Waals surface area (Å²) in [5, 5.41) is 2.90. The van der Waals surface area contributed by atoms with Gasteiger partial charge in [-0.3, -0.25) is 14.5 Å². The molecule has 1 aliphatic heterocycles. The first-order valence-corrected chi connectivity index (χ1v) is 10.2. The molecule has 140 valence electrons. The van der Waals surface area contributed by atoms with Gasteiger partial charge in [-0.2, -0.15) is 0 Å². The zero-order valence-electron chi connectivity index (χ0n) is 15.0. The van der Waals surface area contributed by atoms with Gasteiger partial charge in [0.2, 0.25) is 11.8 Å². The van der Waals surface area contributed by atoms with Crippen LogP contribution in [0.2, 0.25) is 0 Å². The molecular weight excluding hydrogens is 406 g/mol. The molecule has 0 bridgehead atoms. The van der Waals surface area contributed by atoms with Crippen LogP contribution in [-0.2, 0) is 16.0 Å². The van der Waals surface area contributed by atoms with E-state index in [4.69, 9.17) is 0 Å². The summed E-state index contributed by atoms with van der Waals surface area (Å²) in [5.41, 5.74) is 1.82. The molecule has 1 N–H and O–H groups in total. The summed E-state index contributed by atoms with van der Waals surface area (Å²) >= 11 is 3.47. The highest BCUT2D eigenvalue weighted by atomic mass is 79.9. The minimum atomic E-state index is -0.509. The van der Waals surface area contributed by atoms with Gasteiger partial charge in [-0.25, -0.2) is 4.98 Å². The number of fused-ring (bicyclic) bond motifs is 1. The van der Waals surface area contributed by atoms with E-state index < -0.39 is 6.04 Å². The number of aromatic nitrogens is 1. The van der Waals surface area contributed by atoms with Crippen molar-refractivity contribution in [3.8, 4) is 0 Å². The van der Waals surface area contributed by atoms with E-state index in [1.165, 1.54) is 12.8 Å². The lowest BCUT2D eigenvalue weighted by Crippen LogP contribution is -2.47. The number of nitrogens with zero attached hydrogens (tertiary/aromatic N) is 2. The molecule has 1 saturated carbocycles. The molecule has 1 fully saturated rings. The van der Waals surface area contributed by atoms with Gasteiger partial charge in [0.25, 0.3) is 0 Å². The Balaban J connectivity index is 1.63. The summed E-state index contributed by atoms with van der Waals surface area (Å²) in [6, 6.07) is 10.7. The third-order valence-electron chi connectivity index (χ3n) is 5.47. The predicted molar refractivity (Wildman–Crippen MR) is 109 cm³/mol. The highest BCUT2D eigenvalue weighted by Crippen LogP contribution is 2.37. The summed E-state index contributed by atoms with van der Waals surface area (Å²) in [5.74, 6) is 0.824. The molecular formula is C21H22BrN3O2. The van der Waals surface area contributed by atoms with Gasteiger partial charge in [-0.05, 0) is 48.2 Å². The molecule has 1 atom stereocenters. The summed E-state index contributed by atoms with van der Waals surface area (Å²) in [6.45, 7) is 0. The summed E-state index contributed by atoms with van der Waals surface area (Å²) in [4.78, 5) is 31.9. The smallest absolute Gasteiger partial charge is 0.248 e. The Morgan fingerprint density at radius 2 is 2.07 bits per heavy atom. The van der Waals surface area contributed by atoms with Gasteiger partial charge < -0.3 is 5.32 Å². The first-order valence-electron chi connectivity index (χ1n) is 9.44. The van der Waals surface area contributed by atoms with Gasteiger partial charge in [-0.15, -0.1) is 0 Å². The Hall–Kier alpha value is -2.21. The molecule has 0 spiro atoms. The molecule has 4 rings (SSSR count). The molecule has 0 radical (unpaired) electrons. The van der Waals surface area contributed by atoms with Crippen molar-refractivity contribution < 1.29 is 9.59 Å². The van der Waals surface area contributed by atoms with Crippen molar-refractivity contribution in [1.82, 2.24) is 4.98 Å². The van der Waals surface area contributed by atoms with Crippen molar-refractivity contribution in [1.29, 1.82) is 0 Å². The van der Waals surface area contributed by atoms with Crippen LogP contribution < -0.4 is 10.2 Å². The molecule has 27 heavy (non-hydrogen) atoms. The van der Waals surface area contributed by atoms with Crippen LogP contribution in [-0.4, -0.2) is 22.8 Å². The highest BCUT2D eigenvalue weighted by Gasteiger charge is 2.38. The van der Waals surface area contributed by atoms with Crippen molar-refractivity contribution in [3.05, 3.63) is 52.6 Å². The maximum absolute atomic E-state index is 13.2. The molecule has 6 heteroatoms. The van der Waals surface area contributed by atoms with E-state index in [2.05, 4.69) is 26.2 Å². The van der Waals surface area contributed by atoms with E-state index in [0.717, 1.165) is 28.6 Å². The normalized spacial score (nSPS) is 17.8. The number of pyridine rings is 1. The first kappa shape index (κ1) is 18.2. The Morgan fingerprint density at radius 3 is 2.81 bits per heavy atom. The number of nitrogens with one attached hydrogen (secondary N) is 1. The molecule has 2 aliphatic rings. The van der Waals surface area contributed by atoms with E-state index in [0.29, 0.717) is 24.6 Å². The highest BCUT2D eigenvalue weighted by molar-refractivity contribution is 9.10. The minimum Gasteiger partial charge on any atom is -0.309 e. The molecule has 5 nitrogen and oxygen atoms in total. The topological polar surface area (TPSA) is 62.3 Å². The van der Waals surface area contributed by atoms with Gasteiger partial charge in [0.05, 0.1) is 6.42 Å². The number of halogens is 1. The molecule has 2 amide bonds. The summed E-state index contributed by atoms with van der Waals surface area (Å²) in [6.07, 6.45) is 7.35. The van der Waals surface area contributed by atoms with E-state index in [1.807, 2.05) is 30.3 Å². The largest absolute Gasteiger partial charge is 0.309 e. The van der Waals surface area contributed by atoms with E-state index in [-0.39, 0.29) is 11.8 Å². The average molecular weight is 428 g/mol. The number of benzene rings is 1. The minimum absolute atomic E-state index is 0.0118. The van der Waals surface area contributed by atoms with Gasteiger partial charge >= 0.3 is 0 Å². The van der Waals surface area contributed by atoms with E-state index in [9.17, 15) is 9.59 Å². The van der Waals surface area contributed by atoms with Crippen LogP contribution in [0.15, 0.2) is 47.1 Å². The fourth-order valence-corrected chi connectivity index (χ4v) is 4.60. The third kappa shape index (κ3) is 3.90. The zero-order valence-corrected chi connectivity index (χ0v) is 16.6. The van der Waals surface area contributed by atoms with Gasteiger partial charge in [0.1, 0.15) is 11.9 Å². The Labute approximate surface area is 167 Å². The van der Waals surface area contributed by atoms with Gasteiger partial charge in [0.15, 0.2) is 0 Å². The van der Waals surface area contributed by atoms with Crippen LogP contribution in [0.3, 0.4) is 0 Å². The van der Waals surface area contributed by atoms with Crippen LogP contribution in [0, 0.1) is 5.92 Å². The maximum atomic E-state index is 13.2. The Bertz CT molecular complexity index is 850. The van der Waals surface area contributed by atoms with E-state index in [1.54, 1.807) is 17.2 Å². The number of carbonyl (C=O) groups excluding carboxylic acids is 2. The predicted octanol–water partition coefficient (Wildman–Crippen LogP) is 4.32. The number of hydrogen-bond acceptors (Lipinski definition) is 3. The lowest BCUT2D eigenvalue weighted by molar-refractivity contribution is -0.123. The molecule has 2 heterocycles. The SMILES string of the molecule is O=C(Nc1ccccn1)C(CC1CCCC1)N1C(=O)Cc2cc(Br)ccc21. The molecule has 0 saturated heterocycles. The third-order valence-corrected chi connectivity index (χ3v) is 5.97. The lowest BCUT2D eigenvalue weighted by atomic mass is 9.96. The van der Waals surface area contributed by atoms with Crippen LogP contribution in [0.5, 0.6) is 0 Å². The fraction of sp³-hybridized carbons (Fsp3) is 0.381. The average Bonchev–Trinajstić information content (AvgIpc) is 3.27. The van der Waals surface area contributed by atoms with E-state index >= 15 is 0 Å². The van der Waals surface area contributed by atoms with Crippen molar-refractivity contribution >= 4 is 39.2 Å². The molecule has 1 aromatic heterocycles. The molecule has 1 aliphatic carbocycles. The zero-order chi connectivity index (χ0) is 18.8. The number of anilines is 2. The summed E-state index contributed by atoms with van der Waals surface area (Å²) < 4.78 is 0.946. The number of rotatable bonds is 5. The second-order valence-electron chi connectivity index (χ2n) is 7.32.